The number of hydrogen-bond donors (Lipinski definition) is 0. The summed E-state index contributed by atoms with van der Waals surface area (Å²) in [5.41, 5.74) is 0. The van der Waals surface area contributed by atoms with E-state index in [1.165, 1.54) is 0 Å². The molecule has 0 spiro atoms. The second-order valence-corrected chi connectivity index (χ2v) is 5.30. The van der Waals surface area contributed by atoms with Gasteiger partial charge in [0.2, 0.25) is 0 Å². The van der Waals surface area contributed by atoms with Crippen molar-refractivity contribution in [3.8, 4) is 0 Å². The second-order valence-electron chi connectivity index (χ2n) is 3.94. The van der Waals surface area contributed by atoms with E-state index in [4.69, 9.17) is 9.47 Å². The molecule has 1 saturated carbocycles. The first-order valence-corrected chi connectivity index (χ1v) is 6.25. The van der Waals surface area contributed by atoms with Gasteiger partial charge >= 0.3 is 10.2 Å². The summed E-state index contributed by atoms with van der Waals surface area (Å²) < 4.78 is 44.2. The van der Waals surface area contributed by atoms with Crippen LogP contribution in [0.1, 0.15) is 19.3 Å². The van der Waals surface area contributed by atoms with Gasteiger partial charge in [-0.05, 0) is 18.8 Å². The van der Waals surface area contributed by atoms with Crippen LogP contribution in [-0.2, 0) is 19.7 Å². The lowest BCUT2D eigenvalue weighted by Gasteiger charge is -2.25. The molecule has 0 bridgehead atoms. The Morgan fingerprint density at radius 3 is 2.29 bits per heavy atom. The molecule has 0 radical (unpaired) electrons. The SMILES string of the molecule is O=S(=O)(F)CC1(CC2CC2)OCCO1. The lowest BCUT2D eigenvalue weighted by atomic mass is 10.1. The first-order valence-electron chi connectivity index (χ1n) is 4.69. The van der Waals surface area contributed by atoms with Gasteiger partial charge in [0.15, 0.2) is 5.79 Å². The molecule has 0 N–H and O–H groups in total. The Bertz CT molecular complexity index is 303. The highest BCUT2D eigenvalue weighted by Crippen LogP contribution is 2.40. The van der Waals surface area contributed by atoms with Gasteiger partial charge in [-0.1, -0.05) is 0 Å². The van der Waals surface area contributed by atoms with Gasteiger partial charge in [0.05, 0.1) is 13.2 Å². The Balaban J connectivity index is 2.04. The van der Waals surface area contributed by atoms with Crippen LogP contribution in [0, 0.1) is 5.92 Å². The van der Waals surface area contributed by atoms with Crippen LogP contribution in [0.3, 0.4) is 0 Å². The van der Waals surface area contributed by atoms with Gasteiger partial charge in [0.1, 0.15) is 5.75 Å². The number of halogens is 1. The van der Waals surface area contributed by atoms with Crippen molar-refractivity contribution in [2.45, 2.75) is 25.0 Å². The predicted molar refractivity (Wildman–Crippen MR) is 46.9 cm³/mol. The quantitative estimate of drug-likeness (QED) is 0.664. The van der Waals surface area contributed by atoms with Gasteiger partial charge in [-0.2, -0.15) is 8.42 Å². The predicted octanol–water partition coefficient (Wildman–Crippen LogP) is 0.829. The van der Waals surface area contributed by atoms with Gasteiger partial charge in [-0.15, -0.1) is 3.89 Å². The molecule has 1 aliphatic carbocycles. The fourth-order valence-electron chi connectivity index (χ4n) is 1.78. The standard InChI is InChI=1S/C8H13FO4S/c9-14(10,11)6-8(5-7-1-2-7)12-3-4-13-8/h7H,1-6H2. The molecule has 6 heteroatoms. The molecular weight excluding hydrogens is 211 g/mol. The lowest BCUT2D eigenvalue weighted by molar-refractivity contribution is -0.146. The van der Waals surface area contributed by atoms with Crippen molar-refractivity contribution in [1.29, 1.82) is 0 Å². The highest BCUT2D eigenvalue weighted by atomic mass is 32.3. The van der Waals surface area contributed by atoms with Gasteiger partial charge < -0.3 is 9.47 Å². The second kappa shape index (κ2) is 3.43. The van der Waals surface area contributed by atoms with Gasteiger partial charge in [-0.25, -0.2) is 0 Å². The number of rotatable bonds is 4. The topological polar surface area (TPSA) is 52.6 Å². The monoisotopic (exact) mass is 224 g/mol. The molecule has 1 heterocycles. The smallest absolute Gasteiger partial charge is 0.307 e. The largest absolute Gasteiger partial charge is 0.346 e. The molecule has 0 aromatic heterocycles. The van der Waals surface area contributed by atoms with Crippen molar-refractivity contribution < 1.29 is 21.8 Å². The Kier molecular flexibility index (Phi) is 2.53. The van der Waals surface area contributed by atoms with Crippen molar-refractivity contribution in [2.75, 3.05) is 19.0 Å². The Morgan fingerprint density at radius 1 is 1.29 bits per heavy atom. The summed E-state index contributed by atoms with van der Waals surface area (Å²) in [5.74, 6) is -1.43. The van der Waals surface area contributed by atoms with E-state index in [2.05, 4.69) is 0 Å². The minimum Gasteiger partial charge on any atom is -0.346 e. The first-order chi connectivity index (χ1) is 6.49. The van der Waals surface area contributed by atoms with Crippen LogP contribution >= 0.6 is 0 Å². The zero-order valence-corrected chi connectivity index (χ0v) is 8.56. The van der Waals surface area contributed by atoms with Crippen molar-refractivity contribution in [1.82, 2.24) is 0 Å². The lowest BCUT2D eigenvalue weighted by Crippen LogP contribution is -2.37. The average molecular weight is 224 g/mol. The third-order valence-corrected chi connectivity index (χ3v) is 3.29. The summed E-state index contributed by atoms with van der Waals surface area (Å²) in [6.45, 7) is 0.699. The molecule has 2 aliphatic rings. The van der Waals surface area contributed by atoms with E-state index >= 15 is 0 Å². The molecule has 82 valence electrons. The third kappa shape index (κ3) is 2.65. The molecule has 0 amide bonds. The van der Waals surface area contributed by atoms with E-state index in [0.717, 1.165) is 12.8 Å². The fraction of sp³-hybridized carbons (Fsp3) is 1.00. The van der Waals surface area contributed by atoms with Crippen LogP contribution in [0.15, 0.2) is 0 Å². The molecule has 4 nitrogen and oxygen atoms in total. The summed E-state index contributed by atoms with van der Waals surface area (Å²) in [6, 6.07) is 0. The Labute approximate surface area is 82.6 Å². The maximum atomic E-state index is 12.6. The highest BCUT2D eigenvalue weighted by molar-refractivity contribution is 7.86. The maximum absolute atomic E-state index is 12.6. The molecule has 2 fully saturated rings. The molecule has 0 atom stereocenters. The van der Waals surface area contributed by atoms with Crippen LogP contribution < -0.4 is 0 Å². The zero-order valence-electron chi connectivity index (χ0n) is 7.74. The minimum absolute atomic E-state index is 0.349. The van der Waals surface area contributed by atoms with Gasteiger partial charge in [0, 0.05) is 6.42 Å². The van der Waals surface area contributed by atoms with Gasteiger partial charge in [0.25, 0.3) is 0 Å². The minimum atomic E-state index is -4.53. The Morgan fingerprint density at radius 2 is 1.86 bits per heavy atom. The molecular formula is C8H13FO4S. The van der Waals surface area contributed by atoms with E-state index < -0.39 is 21.8 Å². The van der Waals surface area contributed by atoms with Crippen LogP contribution in [0.25, 0.3) is 0 Å². The molecule has 14 heavy (non-hydrogen) atoms. The normalized spacial score (nSPS) is 26.6. The molecule has 1 saturated heterocycles. The summed E-state index contributed by atoms with van der Waals surface area (Å²) >= 11 is 0. The van der Waals surface area contributed by atoms with Crippen molar-refractivity contribution in [2.24, 2.45) is 5.92 Å². The molecule has 0 aromatic carbocycles. The van der Waals surface area contributed by atoms with E-state index in [1.807, 2.05) is 0 Å². The van der Waals surface area contributed by atoms with E-state index in [1.54, 1.807) is 0 Å². The van der Waals surface area contributed by atoms with Crippen LogP contribution in [0.4, 0.5) is 3.89 Å². The summed E-state index contributed by atoms with van der Waals surface area (Å²) in [7, 11) is -4.53. The van der Waals surface area contributed by atoms with E-state index in [0.29, 0.717) is 25.6 Å². The number of hydrogen-bond acceptors (Lipinski definition) is 4. The third-order valence-electron chi connectivity index (χ3n) is 2.50. The zero-order chi connectivity index (χ0) is 10.2. The average Bonchev–Trinajstić information content (AvgIpc) is 2.69. The molecule has 0 aromatic rings. The number of ether oxygens (including phenoxy) is 2. The summed E-state index contributed by atoms with van der Waals surface area (Å²) in [4.78, 5) is 0. The molecule has 0 unspecified atom stereocenters. The van der Waals surface area contributed by atoms with Gasteiger partial charge in [-0.3, -0.25) is 0 Å². The molecule has 1 aliphatic heterocycles. The van der Waals surface area contributed by atoms with Crippen LogP contribution in [-0.4, -0.2) is 33.2 Å². The summed E-state index contributed by atoms with van der Waals surface area (Å²) in [6.07, 6.45) is 2.61. The fourth-order valence-corrected chi connectivity index (χ4v) is 2.59. The van der Waals surface area contributed by atoms with Crippen molar-refractivity contribution in [3.63, 3.8) is 0 Å². The van der Waals surface area contributed by atoms with Crippen LogP contribution in [0.5, 0.6) is 0 Å². The summed E-state index contributed by atoms with van der Waals surface area (Å²) in [5, 5.41) is 0. The molecule has 2 rings (SSSR count). The van der Waals surface area contributed by atoms with Crippen molar-refractivity contribution >= 4 is 10.2 Å². The van der Waals surface area contributed by atoms with E-state index in [9.17, 15) is 12.3 Å². The van der Waals surface area contributed by atoms with Crippen molar-refractivity contribution in [3.05, 3.63) is 0 Å². The van der Waals surface area contributed by atoms with E-state index in [-0.39, 0.29) is 0 Å². The first kappa shape index (κ1) is 10.3. The highest BCUT2D eigenvalue weighted by Gasteiger charge is 2.45. The van der Waals surface area contributed by atoms with Crippen LogP contribution in [0.2, 0.25) is 0 Å². The maximum Gasteiger partial charge on any atom is 0.307 e. The Hall–Kier alpha value is -0.200.